The van der Waals surface area contributed by atoms with Crippen molar-refractivity contribution in [3.8, 4) is 0 Å². The van der Waals surface area contributed by atoms with E-state index in [1.54, 1.807) is 4.90 Å². The molecule has 0 radical (unpaired) electrons. The van der Waals surface area contributed by atoms with Gasteiger partial charge in [-0.1, -0.05) is 19.8 Å². The number of hydrogen-bond acceptors (Lipinski definition) is 8. The number of ether oxygens (including phenoxy) is 2. The number of likely N-dealkylation sites (tertiary alicyclic amines) is 3. The molecule has 1 aromatic heterocycles. The van der Waals surface area contributed by atoms with Crippen LogP contribution < -0.4 is 0 Å². The van der Waals surface area contributed by atoms with Crippen LogP contribution >= 0.6 is 0 Å². The number of rotatable bonds is 7. The topological polar surface area (TPSA) is 108 Å². The van der Waals surface area contributed by atoms with Crippen molar-refractivity contribution in [1.82, 2.24) is 29.6 Å². The lowest BCUT2D eigenvalue weighted by Crippen LogP contribution is -2.64. The van der Waals surface area contributed by atoms with Crippen LogP contribution in [0.25, 0.3) is 0 Å². The first-order chi connectivity index (χ1) is 20.6. The molecule has 1 spiro atoms. The zero-order valence-electron chi connectivity index (χ0n) is 26.8. The molecule has 43 heavy (non-hydrogen) atoms. The molecule has 11 nitrogen and oxygen atoms in total. The maximum atomic E-state index is 13.4. The van der Waals surface area contributed by atoms with Crippen LogP contribution in [0, 0.1) is 25.7 Å². The second-order valence-electron chi connectivity index (χ2n) is 13.4. The Bertz CT molecular complexity index is 1160. The van der Waals surface area contributed by atoms with Gasteiger partial charge in [-0.05, 0) is 52.4 Å². The monoisotopic (exact) mass is 598 g/mol. The van der Waals surface area contributed by atoms with E-state index in [0.717, 1.165) is 82.4 Å². The highest BCUT2D eigenvalue weighted by molar-refractivity contribution is 5.96. The van der Waals surface area contributed by atoms with Gasteiger partial charge in [0.05, 0.1) is 24.1 Å². The third kappa shape index (κ3) is 6.47. The summed E-state index contributed by atoms with van der Waals surface area (Å²) in [6, 6.07) is 0. The normalized spacial score (nSPS) is 25.6. The molecular formula is C32H50N6O5. The summed E-state index contributed by atoms with van der Waals surface area (Å²) < 4.78 is 11.3. The molecule has 4 saturated heterocycles. The first kappa shape index (κ1) is 31.5. The minimum Gasteiger partial charge on any atom is -0.453 e. The summed E-state index contributed by atoms with van der Waals surface area (Å²) in [5, 5.41) is 0. The van der Waals surface area contributed by atoms with Crippen molar-refractivity contribution in [3.05, 3.63) is 23.3 Å². The summed E-state index contributed by atoms with van der Waals surface area (Å²) >= 11 is 0. The van der Waals surface area contributed by atoms with Crippen molar-refractivity contribution < 1.29 is 23.9 Å². The van der Waals surface area contributed by atoms with Gasteiger partial charge < -0.3 is 24.2 Å². The SMILES string of the molecule is CCCC[C@H]1CN(C[C@H]2CCN(C(=O)OC)C2)C(=O)OC12CCN(C1(C)CCN(C(=O)c3c(C)ncnc3C)CC1)CC2. The minimum absolute atomic E-state index is 0.00722. The van der Waals surface area contributed by atoms with E-state index in [-0.39, 0.29) is 29.6 Å². The molecule has 0 unspecified atom stereocenters. The van der Waals surface area contributed by atoms with E-state index >= 15 is 0 Å². The van der Waals surface area contributed by atoms with Crippen LogP contribution in [0.5, 0.6) is 0 Å². The second kappa shape index (κ2) is 13.0. The summed E-state index contributed by atoms with van der Waals surface area (Å²) in [7, 11) is 1.41. The first-order valence-corrected chi connectivity index (χ1v) is 16.2. The van der Waals surface area contributed by atoms with Crippen molar-refractivity contribution in [2.24, 2.45) is 11.8 Å². The Balaban J connectivity index is 1.18. The van der Waals surface area contributed by atoms with Gasteiger partial charge in [-0.25, -0.2) is 19.6 Å². The highest BCUT2D eigenvalue weighted by Gasteiger charge is 2.52. The Labute approximate surface area is 256 Å². The summed E-state index contributed by atoms with van der Waals surface area (Å²) in [6.45, 7) is 14.1. The van der Waals surface area contributed by atoms with Crippen molar-refractivity contribution in [2.75, 3.05) is 59.5 Å². The lowest BCUT2D eigenvalue weighted by atomic mass is 9.74. The zero-order valence-corrected chi connectivity index (χ0v) is 26.8. The third-order valence-electron chi connectivity index (χ3n) is 10.8. The average molecular weight is 599 g/mol. The van der Waals surface area contributed by atoms with Gasteiger partial charge in [-0.2, -0.15) is 0 Å². The van der Waals surface area contributed by atoms with Crippen LogP contribution in [0.15, 0.2) is 6.33 Å². The van der Waals surface area contributed by atoms with Crippen molar-refractivity contribution in [3.63, 3.8) is 0 Å². The number of piperidine rings is 2. The number of amides is 3. The van der Waals surface area contributed by atoms with E-state index in [0.29, 0.717) is 44.2 Å². The molecule has 0 bridgehead atoms. The number of methoxy groups -OCH3 is 1. The van der Waals surface area contributed by atoms with Crippen molar-refractivity contribution >= 4 is 18.1 Å². The molecule has 5 heterocycles. The standard InChI is InChI=1S/C32H50N6O5/c1-6-7-8-26-21-37(20-25-9-14-36(19-25)29(40)42-5)30(41)43-32(26)12-17-38(18-13-32)31(4)10-15-35(16-11-31)28(39)27-23(2)33-22-34-24(27)3/h22,25-26H,6-21H2,1-5H3/t25-,26-/m0/s1. The Kier molecular flexibility index (Phi) is 9.49. The van der Waals surface area contributed by atoms with Crippen molar-refractivity contribution in [1.29, 1.82) is 0 Å². The maximum absolute atomic E-state index is 13.4. The molecule has 238 valence electrons. The van der Waals surface area contributed by atoms with Gasteiger partial charge in [0.1, 0.15) is 11.9 Å². The maximum Gasteiger partial charge on any atom is 0.410 e. The van der Waals surface area contributed by atoms with E-state index in [1.807, 2.05) is 23.6 Å². The lowest BCUT2D eigenvalue weighted by Gasteiger charge is -2.55. The third-order valence-corrected chi connectivity index (χ3v) is 10.8. The highest BCUT2D eigenvalue weighted by Crippen LogP contribution is 2.43. The van der Waals surface area contributed by atoms with Crippen LogP contribution in [0.3, 0.4) is 0 Å². The Hall–Kier alpha value is -2.95. The lowest BCUT2D eigenvalue weighted by molar-refractivity contribution is -0.134. The summed E-state index contributed by atoms with van der Waals surface area (Å²) in [5.41, 5.74) is 1.69. The Morgan fingerprint density at radius 3 is 2.30 bits per heavy atom. The summed E-state index contributed by atoms with van der Waals surface area (Å²) in [4.78, 5) is 55.3. The summed E-state index contributed by atoms with van der Waals surface area (Å²) in [5.74, 6) is 0.579. The molecule has 3 amide bonds. The molecule has 0 aliphatic carbocycles. The fourth-order valence-corrected chi connectivity index (χ4v) is 7.87. The number of aryl methyl sites for hydroxylation is 2. The van der Waals surface area contributed by atoms with Crippen LogP contribution in [-0.4, -0.2) is 118 Å². The first-order valence-electron chi connectivity index (χ1n) is 16.2. The second-order valence-corrected chi connectivity index (χ2v) is 13.4. The largest absolute Gasteiger partial charge is 0.453 e. The van der Waals surface area contributed by atoms with Crippen molar-refractivity contribution in [2.45, 2.75) is 90.2 Å². The fraction of sp³-hybridized carbons (Fsp3) is 0.781. The number of aromatic nitrogens is 2. The molecule has 4 aliphatic rings. The van der Waals surface area contributed by atoms with E-state index in [9.17, 15) is 14.4 Å². The molecule has 1 aromatic rings. The van der Waals surface area contributed by atoms with Gasteiger partial charge in [-0.3, -0.25) is 9.69 Å². The molecule has 11 heteroatoms. The van der Waals surface area contributed by atoms with E-state index in [4.69, 9.17) is 9.47 Å². The highest BCUT2D eigenvalue weighted by atomic mass is 16.6. The van der Waals surface area contributed by atoms with Gasteiger partial charge in [0.2, 0.25) is 0 Å². The number of carbonyl (C=O) groups is 3. The minimum atomic E-state index is -0.414. The van der Waals surface area contributed by atoms with Gasteiger partial charge in [0.15, 0.2) is 0 Å². The van der Waals surface area contributed by atoms with E-state index < -0.39 is 5.60 Å². The van der Waals surface area contributed by atoms with E-state index in [2.05, 4.69) is 28.7 Å². The molecule has 4 aliphatic heterocycles. The number of hydrogen-bond donors (Lipinski definition) is 0. The van der Waals surface area contributed by atoms with Gasteiger partial charge >= 0.3 is 12.2 Å². The van der Waals surface area contributed by atoms with Crippen LogP contribution in [0.1, 0.15) is 87.0 Å². The number of unbranched alkanes of at least 4 members (excludes halogenated alkanes) is 1. The molecule has 5 rings (SSSR count). The number of carbonyl (C=O) groups excluding carboxylic acids is 3. The zero-order chi connectivity index (χ0) is 30.8. The Morgan fingerprint density at radius 2 is 1.67 bits per heavy atom. The van der Waals surface area contributed by atoms with Gasteiger partial charge in [-0.15, -0.1) is 0 Å². The van der Waals surface area contributed by atoms with Crippen LogP contribution in [-0.2, 0) is 9.47 Å². The predicted octanol–water partition coefficient (Wildman–Crippen LogP) is 4.27. The molecule has 0 aromatic carbocycles. The smallest absolute Gasteiger partial charge is 0.410 e. The van der Waals surface area contributed by atoms with Gasteiger partial charge in [0.25, 0.3) is 5.91 Å². The van der Waals surface area contributed by atoms with Crippen LogP contribution in [0.4, 0.5) is 9.59 Å². The molecule has 0 N–H and O–H groups in total. The average Bonchev–Trinajstić information content (AvgIpc) is 3.46. The molecular weight excluding hydrogens is 548 g/mol. The molecule has 2 atom stereocenters. The van der Waals surface area contributed by atoms with Gasteiger partial charge in [0, 0.05) is 76.7 Å². The fourth-order valence-electron chi connectivity index (χ4n) is 7.87. The number of nitrogens with zero attached hydrogens (tertiary/aromatic N) is 6. The predicted molar refractivity (Wildman–Crippen MR) is 162 cm³/mol. The Morgan fingerprint density at radius 1 is 1.00 bits per heavy atom. The molecule has 4 fully saturated rings. The molecule has 0 saturated carbocycles. The van der Waals surface area contributed by atoms with E-state index in [1.165, 1.54) is 13.4 Å². The quantitative estimate of drug-likeness (QED) is 0.458. The summed E-state index contributed by atoms with van der Waals surface area (Å²) in [6.07, 6.45) is 8.69. The van der Waals surface area contributed by atoms with Crippen LogP contribution in [0.2, 0.25) is 0 Å².